The molecule has 0 fully saturated rings. The molecule has 0 aliphatic rings. The van der Waals surface area contributed by atoms with Crippen LogP contribution < -0.4 is 10.1 Å². The van der Waals surface area contributed by atoms with Crippen LogP contribution in [0.15, 0.2) is 18.2 Å². The van der Waals surface area contributed by atoms with E-state index < -0.39 is 11.7 Å². The summed E-state index contributed by atoms with van der Waals surface area (Å²) in [6, 6.07) is 6.00. The quantitative estimate of drug-likeness (QED) is 0.653. The van der Waals surface area contributed by atoms with E-state index in [0.29, 0.717) is 25.9 Å². The van der Waals surface area contributed by atoms with Gasteiger partial charge in [-0.15, -0.1) is 0 Å². The van der Waals surface area contributed by atoms with Gasteiger partial charge in [0, 0.05) is 13.1 Å². The Labute approximate surface area is 128 Å². The number of aryl methyl sites for hydroxylation is 2. The number of hydrogen-bond donors (Lipinski definition) is 3. The van der Waals surface area contributed by atoms with Crippen LogP contribution in [-0.4, -0.2) is 41.6 Å². The summed E-state index contributed by atoms with van der Waals surface area (Å²) >= 11 is 0. The molecule has 1 atom stereocenters. The van der Waals surface area contributed by atoms with Gasteiger partial charge in [0.05, 0.1) is 5.60 Å². The van der Waals surface area contributed by atoms with E-state index in [1.807, 2.05) is 39.8 Å². The third-order valence-corrected chi connectivity index (χ3v) is 3.79. The van der Waals surface area contributed by atoms with E-state index in [1.54, 1.807) is 0 Å². The summed E-state index contributed by atoms with van der Waals surface area (Å²) in [5, 5.41) is 23.2. The van der Waals surface area contributed by atoms with Crippen LogP contribution in [0.2, 0.25) is 0 Å². The summed E-state index contributed by atoms with van der Waals surface area (Å²) in [5.41, 5.74) is 1.61. The molecule has 120 valence electrons. The number of aliphatic hydroxyl groups is 2. The Morgan fingerprint density at radius 3 is 2.24 bits per heavy atom. The highest BCUT2D eigenvalue weighted by molar-refractivity contribution is 5.32. The van der Waals surface area contributed by atoms with Crippen molar-refractivity contribution < 1.29 is 14.9 Å². The van der Waals surface area contributed by atoms with Crippen LogP contribution in [0.25, 0.3) is 0 Å². The van der Waals surface area contributed by atoms with E-state index in [4.69, 9.17) is 4.74 Å². The van der Waals surface area contributed by atoms with Gasteiger partial charge in [-0.05, 0) is 49.9 Å². The highest BCUT2D eigenvalue weighted by atomic mass is 16.5. The van der Waals surface area contributed by atoms with E-state index >= 15 is 0 Å². The van der Waals surface area contributed by atoms with Gasteiger partial charge in [0.2, 0.25) is 0 Å². The fourth-order valence-corrected chi connectivity index (χ4v) is 2.24. The minimum atomic E-state index is -0.686. The van der Waals surface area contributed by atoms with Gasteiger partial charge in [-0.3, -0.25) is 0 Å². The lowest BCUT2D eigenvalue weighted by Crippen LogP contribution is -2.43. The van der Waals surface area contributed by atoms with Crippen LogP contribution >= 0.6 is 0 Å². The summed E-state index contributed by atoms with van der Waals surface area (Å²) in [7, 11) is 0. The first-order valence-corrected chi connectivity index (χ1v) is 7.71. The minimum Gasteiger partial charge on any atom is -0.491 e. The third kappa shape index (κ3) is 6.46. The first-order valence-electron chi connectivity index (χ1n) is 7.71. The Morgan fingerprint density at radius 1 is 1.14 bits per heavy atom. The van der Waals surface area contributed by atoms with E-state index in [0.717, 1.165) is 16.9 Å². The van der Waals surface area contributed by atoms with Crippen molar-refractivity contribution in [3.8, 4) is 5.75 Å². The van der Waals surface area contributed by atoms with Crippen molar-refractivity contribution >= 4 is 0 Å². The molecule has 0 saturated heterocycles. The molecule has 0 heterocycles. The lowest BCUT2D eigenvalue weighted by molar-refractivity contribution is 0.0270. The SMILES string of the molecule is CCC(O)(CC)CNCC(O)COc1cc(C)cc(C)c1. The van der Waals surface area contributed by atoms with Crippen molar-refractivity contribution in [3.63, 3.8) is 0 Å². The summed E-state index contributed by atoms with van der Waals surface area (Å²) in [4.78, 5) is 0. The number of ether oxygens (including phenoxy) is 1. The first kappa shape index (κ1) is 18.0. The van der Waals surface area contributed by atoms with Gasteiger partial charge in [-0.1, -0.05) is 19.9 Å². The standard InChI is InChI=1S/C17H29NO3/c1-5-17(20,6-2)12-18-10-15(19)11-21-16-8-13(3)7-14(4)9-16/h7-9,15,18-20H,5-6,10-12H2,1-4H3. The minimum absolute atomic E-state index is 0.243. The lowest BCUT2D eigenvalue weighted by Gasteiger charge is -2.26. The Morgan fingerprint density at radius 2 is 1.71 bits per heavy atom. The molecule has 0 bridgehead atoms. The molecule has 1 unspecified atom stereocenters. The molecular weight excluding hydrogens is 266 g/mol. The Kier molecular flexibility index (Phi) is 7.15. The first-order chi connectivity index (χ1) is 9.88. The average Bonchev–Trinajstić information content (AvgIpc) is 2.44. The lowest BCUT2D eigenvalue weighted by atomic mass is 9.97. The number of rotatable bonds is 9. The summed E-state index contributed by atoms with van der Waals surface area (Å²) < 4.78 is 5.61. The molecule has 3 N–H and O–H groups in total. The van der Waals surface area contributed by atoms with Crippen LogP contribution in [0.4, 0.5) is 0 Å². The van der Waals surface area contributed by atoms with E-state index in [9.17, 15) is 10.2 Å². The van der Waals surface area contributed by atoms with Gasteiger partial charge in [0.15, 0.2) is 0 Å². The van der Waals surface area contributed by atoms with Crippen molar-refractivity contribution in [1.29, 1.82) is 0 Å². The molecule has 0 aliphatic carbocycles. The van der Waals surface area contributed by atoms with Gasteiger partial charge in [0.25, 0.3) is 0 Å². The molecule has 4 heteroatoms. The van der Waals surface area contributed by atoms with Gasteiger partial charge in [-0.2, -0.15) is 0 Å². The topological polar surface area (TPSA) is 61.7 Å². The average molecular weight is 295 g/mol. The zero-order chi connectivity index (χ0) is 15.9. The van der Waals surface area contributed by atoms with Crippen molar-refractivity contribution in [3.05, 3.63) is 29.3 Å². The molecule has 1 aromatic rings. The second kappa shape index (κ2) is 8.37. The number of benzene rings is 1. The molecule has 0 amide bonds. The Bertz CT molecular complexity index is 410. The van der Waals surface area contributed by atoms with Gasteiger partial charge in [-0.25, -0.2) is 0 Å². The van der Waals surface area contributed by atoms with Crippen molar-refractivity contribution in [2.75, 3.05) is 19.7 Å². The molecule has 1 rings (SSSR count). The number of hydrogen-bond acceptors (Lipinski definition) is 4. The van der Waals surface area contributed by atoms with Crippen LogP contribution in [0.3, 0.4) is 0 Å². The van der Waals surface area contributed by atoms with E-state index in [2.05, 4.69) is 11.4 Å². The van der Waals surface area contributed by atoms with Gasteiger partial charge in [0.1, 0.15) is 18.5 Å². The highest BCUT2D eigenvalue weighted by Gasteiger charge is 2.21. The van der Waals surface area contributed by atoms with E-state index in [-0.39, 0.29) is 6.61 Å². The van der Waals surface area contributed by atoms with Crippen LogP contribution in [0.5, 0.6) is 5.75 Å². The molecule has 0 spiro atoms. The van der Waals surface area contributed by atoms with Gasteiger partial charge >= 0.3 is 0 Å². The maximum atomic E-state index is 10.1. The predicted octanol–water partition coefficient (Wildman–Crippen LogP) is 2.18. The summed E-state index contributed by atoms with van der Waals surface area (Å²) in [6.45, 7) is 9.11. The van der Waals surface area contributed by atoms with Crippen molar-refractivity contribution in [1.82, 2.24) is 5.32 Å². The second-order valence-corrected chi connectivity index (χ2v) is 5.85. The molecule has 0 radical (unpaired) electrons. The Balaban J connectivity index is 2.32. The maximum absolute atomic E-state index is 10.1. The molecular formula is C17H29NO3. The number of aliphatic hydroxyl groups excluding tert-OH is 1. The Hall–Kier alpha value is -1.10. The largest absolute Gasteiger partial charge is 0.491 e. The third-order valence-electron chi connectivity index (χ3n) is 3.79. The normalized spacial score (nSPS) is 13.2. The molecule has 0 aliphatic heterocycles. The molecule has 0 saturated carbocycles. The molecule has 4 nitrogen and oxygen atoms in total. The fourth-order valence-electron chi connectivity index (χ4n) is 2.24. The van der Waals surface area contributed by atoms with Crippen molar-refractivity contribution in [2.24, 2.45) is 0 Å². The maximum Gasteiger partial charge on any atom is 0.119 e. The van der Waals surface area contributed by atoms with Crippen LogP contribution in [0.1, 0.15) is 37.8 Å². The molecule has 0 aromatic heterocycles. The van der Waals surface area contributed by atoms with Crippen LogP contribution in [-0.2, 0) is 0 Å². The molecule has 21 heavy (non-hydrogen) atoms. The monoisotopic (exact) mass is 295 g/mol. The smallest absolute Gasteiger partial charge is 0.119 e. The zero-order valence-corrected chi connectivity index (χ0v) is 13.6. The zero-order valence-electron chi connectivity index (χ0n) is 13.6. The number of nitrogens with one attached hydrogen (secondary N) is 1. The van der Waals surface area contributed by atoms with E-state index in [1.165, 1.54) is 0 Å². The van der Waals surface area contributed by atoms with Crippen molar-refractivity contribution in [2.45, 2.75) is 52.2 Å². The highest BCUT2D eigenvalue weighted by Crippen LogP contribution is 2.16. The summed E-state index contributed by atoms with van der Waals surface area (Å²) in [6.07, 6.45) is 0.806. The fraction of sp³-hybridized carbons (Fsp3) is 0.647. The molecule has 1 aromatic carbocycles. The van der Waals surface area contributed by atoms with Gasteiger partial charge < -0.3 is 20.3 Å². The second-order valence-electron chi connectivity index (χ2n) is 5.85. The van der Waals surface area contributed by atoms with Crippen LogP contribution in [0, 0.1) is 13.8 Å². The predicted molar refractivity (Wildman–Crippen MR) is 85.8 cm³/mol. The summed E-state index contributed by atoms with van der Waals surface area (Å²) in [5.74, 6) is 0.783.